The van der Waals surface area contributed by atoms with Gasteiger partial charge in [-0.15, -0.1) is 0 Å². The first-order chi connectivity index (χ1) is 9.99. The molecule has 0 rings (SSSR count). The molecule has 0 aliphatic heterocycles. The fourth-order valence-electron chi connectivity index (χ4n) is 3.26. The van der Waals surface area contributed by atoms with E-state index in [4.69, 9.17) is 0 Å². The zero-order chi connectivity index (χ0) is 16.2. The molecule has 128 valence electrons. The molecule has 0 amide bonds. The molecule has 0 radical (unpaired) electrons. The van der Waals surface area contributed by atoms with Gasteiger partial charge in [0, 0.05) is 0 Å². The average molecular weight is 301 g/mol. The van der Waals surface area contributed by atoms with Crippen LogP contribution in [0.2, 0.25) is 0 Å². The number of rotatable bonds is 14. The molecule has 0 aromatic heterocycles. The molecule has 2 heteroatoms. The molecule has 0 heterocycles. The van der Waals surface area contributed by atoms with Gasteiger partial charge in [-0.2, -0.15) is 0 Å². The standard InChI is InChI=1S/C19H40O2/c1-5-9-13-17-19(21,16-12-8-4)18(20,14-10-6-2)15-11-7-3/h20-21H,5-17H2,1-4H3. The fraction of sp³-hybridized carbons (Fsp3) is 1.00. The predicted octanol–water partition coefficient (Wildman–Crippen LogP) is 5.60. The van der Waals surface area contributed by atoms with Gasteiger partial charge in [-0.3, -0.25) is 0 Å². The van der Waals surface area contributed by atoms with Gasteiger partial charge in [0.25, 0.3) is 0 Å². The molecule has 0 spiro atoms. The highest BCUT2D eigenvalue weighted by atomic mass is 16.4. The Morgan fingerprint density at radius 2 is 0.762 bits per heavy atom. The maximum absolute atomic E-state index is 11.3. The summed E-state index contributed by atoms with van der Waals surface area (Å²) in [4.78, 5) is 0. The quantitative estimate of drug-likeness (QED) is 0.410. The minimum absolute atomic E-state index is 0.746. The Morgan fingerprint density at radius 1 is 0.476 bits per heavy atom. The lowest BCUT2D eigenvalue weighted by molar-refractivity contribution is -0.170. The van der Waals surface area contributed by atoms with Gasteiger partial charge in [-0.25, -0.2) is 0 Å². The van der Waals surface area contributed by atoms with Gasteiger partial charge in [-0.05, 0) is 25.7 Å². The van der Waals surface area contributed by atoms with Crippen molar-refractivity contribution in [2.75, 3.05) is 0 Å². The number of hydrogen-bond donors (Lipinski definition) is 2. The molecule has 0 saturated heterocycles. The van der Waals surface area contributed by atoms with E-state index in [2.05, 4.69) is 27.7 Å². The van der Waals surface area contributed by atoms with Crippen molar-refractivity contribution in [1.82, 2.24) is 0 Å². The maximum atomic E-state index is 11.3. The maximum Gasteiger partial charge on any atom is 0.0933 e. The summed E-state index contributed by atoms with van der Waals surface area (Å²) in [6.07, 6.45) is 12.6. The zero-order valence-electron chi connectivity index (χ0n) is 15.1. The van der Waals surface area contributed by atoms with Crippen LogP contribution in [0.5, 0.6) is 0 Å². The van der Waals surface area contributed by atoms with Crippen LogP contribution in [0.3, 0.4) is 0 Å². The van der Waals surface area contributed by atoms with Crippen molar-refractivity contribution in [3.05, 3.63) is 0 Å². The van der Waals surface area contributed by atoms with Gasteiger partial charge < -0.3 is 10.2 Å². The Hall–Kier alpha value is -0.0800. The Labute approximate surface area is 133 Å². The largest absolute Gasteiger partial charge is 0.387 e. The second kappa shape index (κ2) is 11.5. The van der Waals surface area contributed by atoms with Gasteiger partial charge in [0.15, 0.2) is 0 Å². The molecule has 0 bridgehead atoms. The summed E-state index contributed by atoms with van der Waals surface area (Å²) in [5.41, 5.74) is -1.77. The number of unbranched alkanes of at least 4 members (excludes halogenated alkanes) is 5. The van der Waals surface area contributed by atoms with E-state index in [0.29, 0.717) is 0 Å². The lowest BCUT2D eigenvalue weighted by Crippen LogP contribution is -2.54. The van der Waals surface area contributed by atoms with Gasteiger partial charge in [-0.1, -0.05) is 85.5 Å². The van der Waals surface area contributed by atoms with Crippen LogP contribution in [0.15, 0.2) is 0 Å². The van der Waals surface area contributed by atoms with Crippen molar-refractivity contribution in [1.29, 1.82) is 0 Å². The van der Waals surface area contributed by atoms with E-state index >= 15 is 0 Å². The monoisotopic (exact) mass is 300 g/mol. The first kappa shape index (κ1) is 20.9. The zero-order valence-corrected chi connectivity index (χ0v) is 15.1. The molecular formula is C19H40O2. The molecule has 0 aliphatic carbocycles. The van der Waals surface area contributed by atoms with Crippen LogP contribution in [0.4, 0.5) is 0 Å². The summed E-state index contributed by atoms with van der Waals surface area (Å²) in [7, 11) is 0. The van der Waals surface area contributed by atoms with E-state index in [-0.39, 0.29) is 0 Å². The van der Waals surface area contributed by atoms with Crippen molar-refractivity contribution in [3.8, 4) is 0 Å². The van der Waals surface area contributed by atoms with Crippen LogP contribution in [0, 0.1) is 0 Å². The molecule has 2 N–H and O–H groups in total. The van der Waals surface area contributed by atoms with Crippen LogP contribution < -0.4 is 0 Å². The van der Waals surface area contributed by atoms with Crippen molar-refractivity contribution in [2.24, 2.45) is 0 Å². The van der Waals surface area contributed by atoms with Gasteiger partial charge >= 0.3 is 0 Å². The SMILES string of the molecule is CCCCCC(O)(CCCC)C(O)(CCCC)CCCC. The van der Waals surface area contributed by atoms with E-state index in [0.717, 1.165) is 83.5 Å². The molecule has 0 aliphatic rings. The lowest BCUT2D eigenvalue weighted by atomic mass is 9.70. The number of aliphatic hydroxyl groups is 2. The summed E-state index contributed by atoms with van der Waals surface area (Å²) in [6, 6.07) is 0. The second-order valence-corrected chi connectivity index (χ2v) is 6.83. The van der Waals surface area contributed by atoms with Crippen LogP contribution >= 0.6 is 0 Å². The molecule has 1 atom stereocenters. The summed E-state index contributed by atoms with van der Waals surface area (Å²) in [6.45, 7) is 8.65. The van der Waals surface area contributed by atoms with Crippen molar-refractivity contribution in [2.45, 2.75) is 122 Å². The summed E-state index contributed by atoms with van der Waals surface area (Å²) >= 11 is 0. The summed E-state index contributed by atoms with van der Waals surface area (Å²) in [5.74, 6) is 0. The van der Waals surface area contributed by atoms with Crippen LogP contribution in [0.1, 0.15) is 111 Å². The van der Waals surface area contributed by atoms with E-state index in [1.807, 2.05) is 0 Å². The van der Waals surface area contributed by atoms with E-state index < -0.39 is 11.2 Å². The van der Waals surface area contributed by atoms with Crippen molar-refractivity contribution >= 4 is 0 Å². The topological polar surface area (TPSA) is 40.5 Å². The minimum Gasteiger partial charge on any atom is -0.387 e. The van der Waals surface area contributed by atoms with Crippen LogP contribution in [-0.4, -0.2) is 21.4 Å². The Balaban J connectivity index is 5.01. The van der Waals surface area contributed by atoms with E-state index in [9.17, 15) is 10.2 Å². The Bertz CT molecular complexity index is 232. The highest BCUT2D eigenvalue weighted by Crippen LogP contribution is 2.40. The van der Waals surface area contributed by atoms with Gasteiger partial charge in [0.1, 0.15) is 0 Å². The smallest absolute Gasteiger partial charge is 0.0933 e. The van der Waals surface area contributed by atoms with Crippen LogP contribution in [-0.2, 0) is 0 Å². The molecule has 1 unspecified atom stereocenters. The minimum atomic E-state index is -0.887. The molecule has 21 heavy (non-hydrogen) atoms. The van der Waals surface area contributed by atoms with Gasteiger partial charge in [0.05, 0.1) is 11.2 Å². The van der Waals surface area contributed by atoms with Crippen LogP contribution in [0.25, 0.3) is 0 Å². The molecule has 2 nitrogen and oxygen atoms in total. The molecule has 0 saturated carbocycles. The van der Waals surface area contributed by atoms with Crippen molar-refractivity contribution < 1.29 is 10.2 Å². The Morgan fingerprint density at radius 3 is 1.05 bits per heavy atom. The number of hydrogen-bond acceptors (Lipinski definition) is 2. The van der Waals surface area contributed by atoms with Crippen molar-refractivity contribution in [3.63, 3.8) is 0 Å². The van der Waals surface area contributed by atoms with Gasteiger partial charge in [0.2, 0.25) is 0 Å². The lowest BCUT2D eigenvalue weighted by Gasteiger charge is -2.45. The third-order valence-corrected chi connectivity index (χ3v) is 4.89. The highest BCUT2D eigenvalue weighted by molar-refractivity contribution is 4.99. The first-order valence-corrected chi connectivity index (χ1v) is 9.44. The fourth-order valence-corrected chi connectivity index (χ4v) is 3.26. The summed E-state index contributed by atoms with van der Waals surface area (Å²) < 4.78 is 0. The highest BCUT2D eigenvalue weighted by Gasteiger charge is 2.46. The molecule has 0 aromatic carbocycles. The first-order valence-electron chi connectivity index (χ1n) is 9.44. The predicted molar refractivity (Wildman–Crippen MR) is 92.6 cm³/mol. The third-order valence-electron chi connectivity index (χ3n) is 4.89. The Kier molecular flexibility index (Phi) is 11.4. The molecule has 0 aromatic rings. The molecular weight excluding hydrogens is 260 g/mol. The molecule has 0 fully saturated rings. The second-order valence-electron chi connectivity index (χ2n) is 6.83. The van der Waals surface area contributed by atoms with E-state index in [1.165, 1.54) is 0 Å². The third kappa shape index (κ3) is 7.15. The summed E-state index contributed by atoms with van der Waals surface area (Å²) in [5, 5.41) is 22.6. The average Bonchev–Trinajstić information content (AvgIpc) is 2.49. The normalized spacial score (nSPS) is 15.1. The van der Waals surface area contributed by atoms with E-state index in [1.54, 1.807) is 0 Å².